The second-order valence-corrected chi connectivity index (χ2v) is 8.11. The molecule has 1 amide bonds. The number of benzene rings is 1. The zero-order chi connectivity index (χ0) is 18.2. The molecule has 142 valence electrons. The number of rotatable bonds is 4. The van der Waals surface area contributed by atoms with Crippen molar-refractivity contribution in [3.8, 4) is 0 Å². The van der Waals surface area contributed by atoms with Crippen LogP contribution in [0.5, 0.6) is 0 Å². The lowest BCUT2D eigenvalue weighted by Gasteiger charge is -2.30. The second kappa shape index (κ2) is 7.09. The molecule has 1 aromatic heterocycles. The van der Waals surface area contributed by atoms with Gasteiger partial charge in [0.15, 0.2) is 0 Å². The maximum Gasteiger partial charge on any atom is 0.242 e. The van der Waals surface area contributed by atoms with Gasteiger partial charge in [0, 0.05) is 48.0 Å². The first-order valence-corrected chi connectivity index (χ1v) is 10.2. The van der Waals surface area contributed by atoms with E-state index in [1.54, 1.807) is 0 Å². The predicted octanol–water partition coefficient (Wildman–Crippen LogP) is 2.81. The number of nitrogens with one attached hydrogen (secondary N) is 3. The van der Waals surface area contributed by atoms with Crippen molar-refractivity contribution >= 4 is 28.1 Å². The highest BCUT2D eigenvalue weighted by molar-refractivity contribution is 6.07. The number of hydrogen-bond donors (Lipinski definition) is 3. The van der Waals surface area contributed by atoms with Crippen LogP contribution in [0, 0.1) is 5.92 Å². The molecule has 1 aliphatic carbocycles. The van der Waals surface area contributed by atoms with E-state index in [1.165, 1.54) is 37.8 Å². The summed E-state index contributed by atoms with van der Waals surface area (Å²) >= 11 is 0. The first kappa shape index (κ1) is 17.0. The first-order chi connectivity index (χ1) is 13.3. The standard InChI is InChI=1S/C21H27N5O/c27-21(19-12-18(24-25-19)14-4-5-14)23-17-6-7-20(26-10-2-1-3-11-26)15-8-9-22-13-16(15)17/h6-9,13-14,18-19,24-25H,1-5,10-12H2,(H,23,27). The average Bonchev–Trinajstić information content (AvgIpc) is 3.45. The molecule has 6 heteroatoms. The minimum absolute atomic E-state index is 0.0292. The molecular formula is C21H27N5O. The van der Waals surface area contributed by atoms with E-state index < -0.39 is 0 Å². The highest BCUT2D eigenvalue weighted by Crippen LogP contribution is 2.36. The molecule has 2 aromatic rings. The van der Waals surface area contributed by atoms with Crippen LogP contribution in [-0.2, 0) is 4.79 Å². The summed E-state index contributed by atoms with van der Waals surface area (Å²) in [5.41, 5.74) is 8.57. The Hall–Kier alpha value is -2.18. The number of hydrogen-bond acceptors (Lipinski definition) is 5. The Bertz CT molecular complexity index is 844. The quantitative estimate of drug-likeness (QED) is 0.777. The molecule has 0 bridgehead atoms. The lowest BCUT2D eigenvalue weighted by atomic mass is 10.0. The SMILES string of the molecule is O=C(Nc1ccc(N2CCCCC2)c2ccncc12)C1CC(C2CC2)NN1. The summed E-state index contributed by atoms with van der Waals surface area (Å²) in [7, 11) is 0. The van der Waals surface area contributed by atoms with Crippen LogP contribution in [0.15, 0.2) is 30.6 Å². The minimum Gasteiger partial charge on any atom is -0.371 e. The maximum atomic E-state index is 12.8. The average molecular weight is 365 g/mol. The van der Waals surface area contributed by atoms with Crippen LogP contribution < -0.4 is 21.1 Å². The Morgan fingerprint density at radius 1 is 1.07 bits per heavy atom. The lowest BCUT2D eigenvalue weighted by molar-refractivity contribution is -0.117. The van der Waals surface area contributed by atoms with Crippen molar-refractivity contribution in [1.82, 2.24) is 15.8 Å². The fraction of sp³-hybridized carbons (Fsp3) is 0.524. The number of piperidine rings is 1. The first-order valence-electron chi connectivity index (χ1n) is 10.2. The lowest BCUT2D eigenvalue weighted by Crippen LogP contribution is -2.40. The number of fused-ring (bicyclic) bond motifs is 1. The molecule has 2 unspecified atom stereocenters. The van der Waals surface area contributed by atoms with Crippen LogP contribution in [0.1, 0.15) is 38.5 Å². The summed E-state index contributed by atoms with van der Waals surface area (Å²) in [5, 5.41) is 5.31. The topological polar surface area (TPSA) is 69.3 Å². The minimum atomic E-state index is -0.177. The van der Waals surface area contributed by atoms with Gasteiger partial charge in [0.25, 0.3) is 0 Å². The van der Waals surface area contributed by atoms with Crippen molar-refractivity contribution in [3.05, 3.63) is 30.6 Å². The van der Waals surface area contributed by atoms with E-state index in [9.17, 15) is 4.79 Å². The third-order valence-corrected chi connectivity index (χ3v) is 6.19. The molecule has 2 atom stereocenters. The van der Waals surface area contributed by atoms with Gasteiger partial charge in [-0.15, -0.1) is 0 Å². The Morgan fingerprint density at radius 3 is 2.74 bits per heavy atom. The van der Waals surface area contributed by atoms with Gasteiger partial charge in [0.2, 0.25) is 5.91 Å². The summed E-state index contributed by atoms with van der Waals surface area (Å²) in [5.74, 6) is 0.769. The molecule has 6 nitrogen and oxygen atoms in total. The molecule has 27 heavy (non-hydrogen) atoms. The fourth-order valence-corrected chi connectivity index (χ4v) is 4.47. The molecule has 3 heterocycles. The molecule has 2 aliphatic heterocycles. The monoisotopic (exact) mass is 365 g/mol. The van der Waals surface area contributed by atoms with Crippen molar-refractivity contribution in [1.29, 1.82) is 0 Å². The normalized spacial score (nSPS) is 25.7. The number of aromatic nitrogens is 1. The van der Waals surface area contributed by atoms with Gasteiger partial charge in [-0.2, -0.15) is 0 Å². The van der Waals surface area contributed by atoms with Gasteiger partial charge in [0.05, 0.1) is 5.69 Å². The zero-order valence-electron chi connectivity index (χ0n) is 15.6. The number of carbonyl (C=O) groups excluding carboxylic acids is 1. The van der Waals surface area contributed by atoms with E-state index >= 15 is 0 Å². The number of carbonyl (C=O) groups is 1. The van der Waals surface area contributed by atoms with Crippen LogP contribution in [0.2, 0.25) is 0 Å². The van der Waals surface area contributed by atoms with E-state index in [2.05, 4.69) is 38.2 Å². The van der Waals surface area contributed by atoms with E-state index in [1.807, 2.05) is 18.5 Å². The molecule has 5 rings (SSSR count). The third-order valence-electron chi connectivity index (χ3n) is 6.19. The van der Waals surface area contributed by atoms with Gasteiger partial charge in [-0.1, -0.05) is 0 Å². The van der Waals surface area contributed by atoms with Crippen LogP contribution >= 0.6 is 0 Å². The zero-order valence-corrected chi connectivity index (χ0v) is 15.6. The van der Waals surface area contributed by atoms with Gasteiger partial charge < -0.3 is 10.2 Å². The molecule has 3 N–H and O–H groups in total. The van der Waals surface area contributed by atoms with Gasteiger partial charge in [-0.25, -0.2) is 5.43 Å². The van der Waals surface area contributed by atoms with Crippen LogP contribution in [0.25, 0.3) is 10.8 Å². The number of pyridine rings is 1. The molecule has 0 spiro atoms. The molecular weight excluding hydrogens is 338 g/mol. The van der Waals surface area contributed by atoms with Crippen molar-refractivity contribution < 1.29 is 4.79 Å². The third kappa shape index (κ3) is 3.39. The Morgan fingerprint density at radius 2 is 1.93 bits per heavy atom. The fourth-order valence-electron chi connectivity index (χ4n) is 4.47. The highest BCUT2D eigenvalue weighted by atomic mass is 16.2. The largest absolute Gasteiger partial charge is 0.371 e. The Balaban J connectivity index is 1.38. The summed E-state index contributed by atoms with van der Waals surface area (Å²) < 4.78 is 0. The molecule has 1 aromatic carbocycles. The smallest absolute Gasteiger partial charge is 0.242 e. The number of hydrazine groups is 1. The number of nitrogens with zero attached hydrogens (tertiary/aromatic N) is 2. The van der Waals surface area contributed by atoms with Crippen LogP contribution in [0.3, 0.4) is 0 Å². The molecule has 0 radical (unpaired) electrons. The summed E-state index contributed by atoms with van der Waals surface area (Å²) in [6, 6.07) is 6.50. The molecule has 2 saturated heterocycles. The summed E-state index contributed by atoms with van der Waals surface area (Å²) in [6.45, 7) is 2.20. The van der Waals surface area contributed by atoms with E-state index in [0.29, 0.717) is 6.04 Å². The maximum absolute atomic E-state index is 12.8. The predicted molar refractivity (Wildman–Crippen MR) is 108 cm³/mol. The highest BCUT2D eigenvalue weighted by Gasteiger charge is 2.38. The van der Waals surface area contributed by atoms with E-state index in [4.69, 9.17) is 0 Å². The number of anilines is 2. The van der Waals surface area contributed by atoms with Gasteiger partial charge in [-0.05, 0) is 62.6 Å². The summed E-state index contributed by atoms with van der Waals surface area (Å²) in [6.07, 6.45) is 10.9. The molecule has 1 saturated carbocycles. The number of amides is 1. The van der Waals surface area contributed by atoms with Crippen molar-refractivity contribution in [3.63, 3.8) is 0 Å². The Kier molecular flexibility index (Phi) is 4.45. The Labute approximate surface area is 159 Å². The van der Waals surface area contributed by atoms with E-state index in [-0.39, 0.29) is 11.9 Å². The van der Waals surface area contributed by atoms with Crippen molar-refractivity contribution in [2.75, 3.05) is 23.3 Å². The van der Waals surface area contributed by atoms with Crippen LogP contribution in [-0.4, -0.2) is 36.1 Å². The van der Waals surface area contributed by atoms with Crippen molar-refractivity contribution in [2.45, 2.75) is 50.6 Å². The second-order valence-electron chi connectivity index (χ2n) is 8.11. The van der Waals surface area contributed by atoms with Gasteiger partial charge in [-0.3, -0.25) is 15.2 Å². The van der Waals surface area contributed by atoms with E-state index in [0.717, 1.165) is 41.9 Å². The van der Waals surface area contributed by atoms with Gasteiger partial charge >= 0.3 is 0 Å². The van der Waals surface area contributed by atoms with Crippen molar-refractivity contribution in [2.24, 2.45) is 5.92 Å². The van der Waals surface area contributed by atoms with Gasteiger partial charge in [0.1, 0.15) is 6.04 Å². The molecule has 3 aliphatic rings. The van der Waals surface area contributed by atoms with Crippen LogP contribution in [0.4, 0.5) is 11.4 Å². The molecule has 3 fully saturated rings. The summed E-state index contributed by atoms with van der Waals surface area (Å²) in [4.78, 5) is 19.6.